The van der Waals surface area contributed by atoms with Crippen molar-refractivity contribution in [3.8, 4) is 0 Å². The van der Waals surface area contributed by atoms with Crippen LogP contribution in [0.4, 0.5) is 0 Å². The lowest BCUT2D eigenvalue weighted by Crippen LogP contribution is -3.00. The second-order valence-corrected chi connectivity index (χ2v) is 6.55. The van der Waals surface area contributed by atoms with Gasteiger partial charge in [-0.3, -0.25) is 0 Å². The molecule has 142 valence electrons. The number of aliphatic hydroxyl groups is 1. The third-order valence-electron chi connectivity index (χ3n) is 5.07. The summed E-state index contributed by atoms with van der Waals surface area (Å²) < 4.78 is 6.33. The highest BCUT2D eigenvalue weighted by Crippen LogP contribution is 2.31. The standard InChI is InChI=1S/C21H28NO3.HI/c1-4-22(3,5-2)16-17-25-20(23)21(24,18-12-8-6-9-13-18)19-14-10-7-11-15-19;/h6-15,24H,4-5,16-17H2,1-3H3;1H/q+1;/p-1. The van der Waals surface area contributed by atoms with E-state index in [4.69, 9.17) is 4.74 Å². The smallest absolute Gasteiger partial charge is 0.347 e. The Morgan fingerprint density at radius 2 is 1.38 bits per heavy atom. The van der Waals surface area contributed by atoms with Gasteiger partial charge in [-0.1, -0.05) is 60.7 Å². The molecule has 1 N–H and O–H groups in total. The molecular weight excluding hydrogens is 441 g/mol. The van der Waals surface area contributed by atoms with Crippen molar-refractivity contribution in [2.75, 3.05) is 33.3 Å². The second-order valence-electron chi connectivity index (χ2n) is 6.55. The number of esters is 1. The maximum absolute atomic E-state index is 12.8. The zero-order valence-corrected chi connectivity index (χ0v) is 17.8. The summed E-state index contributed by atoms with van der Waals surface area (Å²) in [6.07, 6.45) is 0. The van der Waals surface area contributed by atoms with Crippen molar-refractivity contribution in [1.82, 2.24) is 0 Å². The third-order valence-corrected chi connectivity index (χ3v) is 5.07. The molecule has 0 spiro atoms. The van der Waals surface area contributed by atoms with Gasteiger partial charge in [0.2, 0.25) is 5.60 Å². The van der Waals surface area contributed by atoms with Gasteiger partial charge < -0.3 is 38.3 Å². The molecule has 2 aromatic rings. The van der Waals surface area contributed by atoms with Crippen molar-refractivity contribution in [1.29, 1.82) is 0 Å². The Hall–Kier alpha value is -1.44. The summed E-state index contributed by atoms with van der Waals surface area (Å²) in [5.41, 5.74) is -0.784. The number of carbonyl (C=O) groups excluding carboxylic acids is 1. The topological polar surface area (TPSA) is 46.5 Å². The summed E-state index contributed by atoms with van der Waals surface area (Å²) in [4.78, 5) is 12.8. The lowest BCUT2D eigenvalue weighted by molar-refractivity contribution is -0.906. The summed E-state index contributed by atoms with van der Waals surface area (Å²) in [6, 6.07) is 17.9. The molecule has 0 saturated heterocycles. The predicted octanol–water partition coefficient (Wildman–Crippen LogP) is -0.0439. The molecule has 0 radical (unpaired) electrons. The molecule has 26 heavy (non-hydrogen) atoms. The highest BCUT2D eigenvalue weighted by molar-refractivity contribution is 5.85. The minimum atomic E-state index is -1.80. The van der Waals surface area contributed by atoms with Gasteiger partial charge in [0.05, 0.1) is 20.1 Å². The van der Waals surface area contributed by atoms with Gasteiger partial charge >= 0.3 is 5.97 Å². The van der Waals surface area contributed by atoms with Crippen molar-refractivity contribution in [3.63, 3.8) is 0 Å². The molecule has 5 heteroatoms. The number of hydrogen-bond donors (Lipinski definition) is 1. The van der Waals surface area contributed by atoms with Gasteiger partial charge in [0.1, 0.15) is 13.2 Å². The molecule has 0 aliphatic carbocycles. The fraction of sp³-hybridized carbons (Fsp3) is 0.381. The fourth-order valence-electron chi connectivity index (χ4n) is 2.76. The maximum Gasteiger partial charge on any atom is 0.347 e. The monoisotopic (exact) mass is 469 g/mol. The van der Waals surface area contributed by atoms with E-state index in [-0.39, 0.29) is 30.6 Å². The molecular formula is C21H28INO3. The first-order valence-electron chi connectivity index (χ1n) is 8.80. The molecule has 0 fully saturated rings. The van der Waals surface area contributed by atoms with Gasteiger partial charge in [-0.2, -0.15) is 0 Å². The van der Waals surface area contributed by atoms with E-state index in [1.165, 1.54) is 0 Å². The maximum atomic E-state index is 12.8. The SMILES string of the molecule is CC[N+](C)(CC)CCOC(=O)C(O)(c1ccccc1)c1ccccc1.[I-]. The Morgan fingerprint density at radius 3 is 1.77 bits per heavy atom. The Bertz CT molecular complexity index is 633. The van der Waals surface area contributed by atoms with Gasteiger partial charge in [-0.25, -0.2) is 4.79 Å². The zero-order valence-electron chi connectivity index (χ0n) is 15.7. The molecule has 2 aromatic carbocycles. The van der Waals surface area contributed by atoms with E-state index in [0.29, 0.717) is 11.1 Å². The third kappa shape index (κ3) is 5.05. The highest BCUT2D eigenvalue weighted by atomic mass is 127. The van der Waals surface area contributed by atoms with Crippen LogP contribution in [0, 0.1) is 0 Å². The van der Waals surface area contributed by atoms with Gasteiger partial charge in [-0.05, 0) is 25.0 Å². The van der Waals surface area contributed by atoms with E-state index >= 15 is 0 Å². The van der Waals surface area contributed by atoms with E-state index in [0.717, 1.165) is 24.1 Å². The summed E-state index contributed by atoms with van der Waals surface area (Å²) in [5.74, 6) is -0.636. The largest absolute Gasteiger partial charge is 1.00 e. The van der Waals surface area contributed by atoms with E-state index < -0.39 is 11.6 Å². The molecule has 0 amide bonds. The molecule has 0 aromatic heterocycles. The second kappa shape index (κ2) is 10.0. The fourth-order valence-corrected chi connectivity index (χ4v) is 2.76. The molecule has 0 unspecified atom stereocenters. The molecule has 4 nitrogen and oxygen atoms in total. The molecule has 2 rings (SSSR count). The lowest BCUT2D eigenvalue weighted by Gasteiger charge is -2.32. The van der Waals surface area contributed by atoms with Crippen LogP contribution < -0.4 is 24.0 Å². The van der Waals surface area contributed by atoms with E-state index in [9.17, 15) is 9.90 Å². The number of halogens is 1. The van der Waals surface area contributed by atoms with Crippen molar-refractivity contribution >= 4 is 5.97 Å². The summed E-state index contributed by atoms with van der Waals surface area (Å²) in [7, 11) is 2.13. The minimum Gasteiger partial charge on any atom is -1.00 e. The van der Waals surface area contributed by atoms with E-state index in [1.54, 1.807) is 48.5 Å². The normalized spacial score (nSPS) is 11.5. The van der Waals surface area contributed by atoms with Crippen molar-refractivity contribution in [2.24, 2.45) is 0 Å². The van der Waals surface area contributed by atoms with Crippen LogP contribution in [0.5, 0.6) is 0 Å². The first kappa shape index (κ1) is 22.6. The Labute approximate surface area is 173 Å². The molecule has 0 atom stereocenters. The number of quaternary nitrogens is 1. The van der Waals surface area contributed by atoms with Gasteiger partial charge in [0.25, 0.3) is 0 Å². The zero-order chi connectivity index (χ0) is 18.3. The molecule has 0 aliphatic rings. The Kier molecular flexibility index (Phi) is 8.73. The first-order chi connectivity index (χ1) is 12.0. The number of benzene rings is 2. The average Bonchev–Trinajstić information content (AvgIpc) is 2.68. The molecule has 0 heterocycles. The van der Waals surface area contributed by atoms with Crippen LogP contribution >= 0.6 is 0 Å². The Morgan fingerprint density at radius 1 is 0.962 bits per heavy atom. The van der Waals surface area contributed by atoms with Crippen LogP contribution in [0.15, 0.2) is 60.7 Å². The van der Waals surface area contributed by atoms with Crippen LogP contribution in [0.25, 0.3) is 0 Å². The van der Waals surface area contributed by atoms with Gasteiger partial charge in [0, 0.05) is 0 Å². The molecule has 0 saturated carbocycles. The van der Waals surface area contributed by atoms with Crippen LogP contribution in [0.3, 0.4) is 0 Å². The van der Waals surface area contributed by atoms with Gasteiger partial charge in [-0.15, -0.1) is 0 Å². The quantitative estimate of drug-likeness (QED) is 0.336. The highest BCUT2D eigenvalue weighted by Gasteiger charge is 2.41. The molecule has 0 aliphatic heterocycles. The summed E-state index contributed by atoms with van der Waals surface area (Å²) in [6.45, 7) is 7.17. The average molecular weight is 469 g/mol. The van der Waals surface area contributed by atoms with Gasteiger partial charge in [0.15, 0.2) is 0 Å². The first-order valence-corrected chi connectivity index (χ1v) is 8.80. The number of carbonyl (C=O) groups is 1. The summed E-state index contributed by atoms with van der Waals surface area (Å²) in [5, 5.41) is 11.3. The number of likely N-dealkylation sites (N-methyl/N-ethyl adjacent to an activating group) is 1. The van der Waals surface area contributed by atoms with Crippen LogP contribution in [0.2, 0.25) is 0 Å². The van der Waals surface area contributed by atoms with Crippen LogP contribution in [0.1, 0.15) is 25.0 Å². The van der Waals surface area contributed by atoms with Crippen LogP contribution in [-0.4, -0.2) is 48.8 Å². The minimum absolute atomic E-state index is 0. The predicted molar refractivity (Wildman–Crippen MR) is 99.0 cm³/mol. The van der Waals surface area contributed by atoms with Crippen LogP contribution in [-0.2, 0) is 15.1 Å². The van der Waals surface area contributed by atoms with Crippen molar-refractivity contribution in [2.45, 2.75) is 19.4 Å². The molecule has 0 bridgehead atoms. The van der Waals surface area contributed by atoms with E-state index in [1.807, 2.05) is 12.1 Å². The van der Waals surface area contributed by atoms with E-state index in [2.05, 4.69) is 20.9 Å². The number of nitrogens with zero attached hydrogens (tertiary/aromatic N) is 1. The Balaban J connectivity index is 0.00000338. The number of hydrogen-bond acceptors (Lipinski definition) is 3. The lowest BCUT2D eigenvalue weighted by atomic mass is 9.86. The van der Waals surface area contributed by atoms with Crippen molar-refractivity contribution in [3.05, 3.63) is 71.8 Å². The summed E-state index contributed by atoms with van der Waals surface area (Å²) >= 11 is 0. The number of rotatable bonds is 8. The number of ether oxygens (including phenoxy) is 1. The van der Waals surface area contributed by atoms with Crippen molar-refractivity contribution < 1.29 is 43.1 Å².